The summed E-state index contributed by atoms with van der Waals surface area (Å²) in [6.07, 6.45) is 2.63. The van der Waals surface area contributed by atoms with E-state index in [1.807, 2.05) is 0 Å². The van der Waals surface area contributed by atoms with Crippen LogP contribution >= 0.6 is 0 Å². The number of hydrogen-bond acceptors (Lipinski definition) is 6. The van der Waals surface area contributed by atoms with Crippen LogP contribution in [0.1, 0.15) is 10.4 Å². The zero-order chi connectivity index (χ0) is 18.8. The number of hydrogen-bond donors (Lipinski definition) is 2. The van der Waals surface area contributed by atoms with E-state index in [4.69, 9.17) is 9.47 Å². The second-order valence-corrected chi connectivity index (χ2v) is 5.57. The van der Waals surface area contributed by atoms with Crippen molar-refractivity contribution in [2.75, 3.05) is 17.4 Å². The Morgan fingerprint density at radius 3 is 2.44 bits per heavy atom. The maximum Gasteiger partial charge on any atom is 0.258 e. The predicted molar refractivity (Wildman–Crippen MR) is 92.2 cm³/mol. The topological polar surface area (TPSA) is 85.4 Å². The van der Waals surface area contributed by atoms with Gasteiger partial charge >= 0.3 is 0 Å². The molecule has 136 valence electrons. The quantitative estimate of drug-likeness (QED) is 0.731. The third-order valence-corrected chi connectivity index (χ3v) is 3.72. The first-order valence-electron chi connectivity index (χ1n) is 7.83. The lowest BCUT2D eigenvalue weighted by Crippen LogP contribution is -2.13. The van der Waals surface area contributed by atoms with E-state index in [0.717, 1.165) is 12.1 Å². The molecular formula is C18H12F2N4O3. The molecule has 7 nitrogen and oxygen atoms in total. The average Bonchev–Trinajstić information content (AvgIpc) is 3.13. The Balaban J connectivity index is 1.43. The number of aromatic nitrogens is 2. The molecule has 0 fully saturated rings. The van der Waals surface area contributed by atoms with Crippen LogP contribution in [0.15, 0.2) is 48.8 Å². The average molecular weight is 370 g/mol. The van der Waals surface area contributed by atoms with Crippen LogP contribution in [0.25, 0.3) is 0 Å². The number of rotatable bonds is 4. The summed E-state index contributed by atoms with van der Waals surface area (Å²) in [6, 6.07) is 8.36. The second-order valence-electron chi connectivity index (χ2n) is 5.57. The minimum absolute atomic E-state index is 0.139. The summed E-state index contributed by atoms with van der Waals surface area (Å²) in [6.45, 7) is 0.146. The molecule has 1 amide bonds. The van der Waals surface area contributed by atoms with E-state index < -0.39 is 17.5 Å². The monoisotopic (exact) mass is 370 g/mol. The fourth-order valence-electron chi connectivity index (χ4n) is 2.39. The Hall–Kier alpha value is -3.75. The van der Waals surface area contributed by atoms with Crippen molar-refractivity contribution in [2.24, 2.45) is 0 Å². The van der Waals surface area contributed by atoms with E-state index in [1.165, 1.54) is 18.5 Å². The molecule has 0 bridgehead atoms. The highest BCUT2D eigenvalue weighted by Gasteiger charge is 2.15. The van der Waals surface area contributed by atoms with Crippen molar-refractivity contribution in [1.82, 2.24) is 9.97 Å². The van der Waals surface area contributed by atoms with E-state index in [0.29, 0.717) is 17.2 Å². The standard InChI is InChI=1S/C18H12F2N4O3/c19-13-3-1-11(5-14(13)20)24-18-21-7-10(8-22-18)17(25)23-12-2-4-15-16(6-12)27-9-26-15/h1-8H,9H2,(H,23,25)(H,21,22,24). The lowest BCUT2D eigenvalue weighted by atomic mass is 10.2. The molecule has 0 unspecified atom stereocenters. The zero-order valence-corrected chi connectivity index (χ0v) is 13.7. The van der Waals surface area contributed by atoms with Crippen LogP contribution in [0, 0.1) is 11.6 Å². The number of nitrogens with zero attached hydrogens (tertiary/aromatic N) is 2. The molecule has 2 aromatic carbocycles. The fraction of sp³-hybridized carbons (Fsp3) is 0.0556. The Kier molecular flexibility index (Phi) is 4.25. The fourth-order valence-corrected chi connectivity index (χ4v) is 2.39. The van der Waals surface area contributed by atoms with Gasteiger partial charge in [-0.05, 0) is 24.3 Å². The molecule has 3 aromatic rings. The first-order chi connectivity index (χ1) is 13.1. The van der Waals surface area contributed by atoms with Crippen LogP contribution in [0.2, 0.25) is 0 Å². The Morgan fingerprint density at radius 1 is 0.926 bits per heavy atom. The maximum absolute atomic E-state index is 13.2. The summed E-state index contributed by atoms with van der Waals surface area (Å²) in [5, 5.41) is 5.43. The summed E-state index contributed by atoms with van der Waals surface area (Å²) in [5.74, 6) is -1.04. The number of fused-ring (bicyclic) bond motifs is 1. The second kappa shape index (κ2) is 6.87. The van der Waals surface area contributed by atoms with Crippen molar-refractivity contribution in [3.05, 3.63) is 66.0 Å². The van der Waals surface area contributed by atoms with Crippen LogP contribution in [0.3, 0.4) is 0 Å². The minimum Gasteiger partial charge on any atom is -0.454 e. The van der Waals surface area contributed by atoms with Crippen LogP contribution in [0.5, 0.6) is 11.5 Å². The van der Waals surface area contributed by atoms with E-state index in [-0.39, 0.29) is 24.0 Å². The molecule has 0 aliphatic carbocycles. The van der Waals surface area contributed by atoms with E-state index in [2.05, 4.69) is 20.6 Å². The van der Waals surface area contributed by atoms with Crippen LogP contribution in [0.4, 0.5) is 26.1 Å². The number of ether oxygens (including phenoxy) is 2. The van der Waals surface area contributed by atoms with Crippen molar-refractivity contribution < 1.29 is 23.0 Å². The third kappa shape index (κ3) is 3.61. The van der Waals surface area contributed by atoms with E-state index in [1.54, 1.807) is 18.2 Å². The Labute approximate surface area is 152 Å². The van der Waals surface area contributed by atoms with Crippen molar-refractivity contribution in [3.63, 3.8) is 0 Å². The van der Waals surface area contributed by atoms with Gasteiger partial charge in [-0.3, -0.25) is 4.79 Å². The number of halogens is 2. The van der Waals surface area contributed by atoms with Gasteiger partial charge in [-0.1, -0.05) is 0 Å². The largest absolute Gasteiger partial charge is 0.454 e. The third-order valence-electron chi connectivity index (χ3n) is 3.72. The highest BCUT2D eigenvalue weighted by Crippen LogP contribution is 2.34. The van der Waals surface area contributed by atoms with Crippen molar-refractivity contribution in [2.45, 2.75) is 0 Å². The number of nitrogens with one attached hydrogen (secondary N) is 2. The number of carbonyl (C=O) groups is 1. The molecule has 2 heterocycles. The van der Waals surface area contributed by atoms with Crippen molar-refractivity contribution in [1.29, 1.82) is 0 Å². The molecule has 1 aliphatic rings. The summed E-state index contributed by atoms with van der Waals surface area (Å²) in [4.78, 5) is 20.3. The molecule has 2 N–H and O–H groups in total. The van der Waals surface area contributed by atoms with Gasteiger partial charge in [0.05, 0.1) is 5.56 Å². The van der Waals surface area contributed by atoms with Gasteiger partial charge in [-0.25, -0.2) is 18.7 Å². The molecule has 1 aliphatic heterocycles. The molecule has 4 rings (SSSR count). The van der Waals surface area contributed by atoms with Crippen LogP contribution in [-0.4, -0.2) is 22.7 Å². The van der Waals surface area contributed by atoms with Gasteiger partial charge in [-0.15, -0.1) is 0 Å². The predicted octanol–water partition coefficient (Wildman–Crippen LogP) is 3.48. The normalized spacial score (nSPS) is 11.9. The molecular weight excluding hydrogens is 358 g/mol. The van der Waals surface area contributed by atoms with Gasteiger partial charge in [0.1, 0.15) is 0 Å². The smallest absolute Gasteiger partial charge is 0.258 e. The zero-order valence-electron chi connectivity index (χ0n) is 13.7. The highest BCUT2D eigenvalue weighted by atomic mass is 19.2. The van der Waals surface area contributed by atoms with Gasteiger partial charge in [0, 0.05) is 35.9 Å². The first-order valence-corrected chi connectivity index (χ1v) is 7.83. The summed E-state index contributed by atoms with van der Waals surface area (Å²) >= 11 is 0. The minimum atomic E-state index is -0.986. The van der Waals surface area contributed by atoms with E-state index in [9.17, 15) is 13.6 Å². The molecule has 0 saturated carbocycles. The van der Waals surface area contributed by atoms with E-state index >= 15 is 0 Å². The van der Waals surface area contributed by atoms with Crippen molar-refractivity contribution >= 4 is 23.2 Å². The van der Waals surface area contributed by atoms with Gasteiger partial charge in [-0.2, -0.15) is 0 Å². The highest BCUT2D eigenvalue weighted by molar-refractivity contribution is 6.04. The van der Waals surface area contributed by atoms with Gasteiger partial charge in [0.15, 0.2) is 23.1 Å². The number of amides is 1. The molecule has 27 heavy (non-hydrogen) atoms. The first kappa shape index (κ1) is 16.7. The number of anilines is 3. The molecule has 0 saturated heterocycles. The van der Waals surface area contributed by atoms with Crippen molar-refractivity contribution in [3.8, 4) is 11.5 Å². The molecule has 1 aromatic heterocycles. The maximum atomic E-state index is 13.2. The number of benzene rings is 2. The summed E-state index contributed by atoms with van der Waals surface area (Å²) < 4.78 is 36.6. The van der Waals surface area contributed by atoms with Crippen LogP contribution < -0.4 is 20.1 Å². The summed E-state index contributed by atoms with van der Waals surface area (Å²) in [7, 11) is 0. The lowest BCUT2D eigenvalue weighted by molar-refractivity contribution is 0.102. The van der Waals surface area contributed by atoms with Gasteiger partial charge in [0.2, 0.25) is 12.7 Å². The SMILES string of the molecule is O=C(Nc1ccc2c(c1)OCO2)c1cnc(Nc2ccc(F)c(F)c2)nc1. The molecule has 0 spiro atoms. The molecule has 0 atom stereocenters. The lowest BCUT2D eigenvalue weighted by Gasteiger charge is -2.07. The molecule has 9 heteroatoms. The molecule has 0 radical (unpaired) electrons. The Morgan fingerprint density at radius 2 is 1.67 bits per heavy atom. The van der Waals surface area contributed by atoms with Gasteiger partial charge in [0.25, 0.3) is 5.91 Å². The van der Waals surface area contributed by atoms with Gasteiger partial charge < -0.3 is 20.1 Å². The van der Waals surface area contributed by atoms with Crippen LogP contribution in [-0.2, 0) is 0 Å². The number of carbonyl (C=O) groups excluding carboxylic acids is 1. The summed E-state index contributed by atoms with van der Waals surface area (Å²) in [5.41, 5.74) is 1.04. The Bertz CT molecular complexity index is 1010.